The highest BCUT2D eigenvalue weighted by molar-refractivity contribution is 9.10. The smallest absolute Gasteiger partial charge is 0.272 e. The average Bonchev–Trinajstić information content (AvgIpc) is 2.85. The fourth-order valence-electron chi connectivity index (χ4n) is 3.28. The lowest BCUT2D eigenvalue weighted by Gasteiger charge is -2.18. The maximum atomic E-state index is 13.1. The second kappa shape index (κ2) is 10.1. The first kappa shape index (κ1) is 22.9. The summed E-state index contributed by atoms with van der Waals surface area (Å²) in [6.07, 6.45) is 1.27. The summed E-state index contributed by atoms with van der Waals surface area (Å²) in [5.41, 5.74) is 2.81. The summed E-state index contributed by atoms with van der Waals surface area (Å²) in [5.74, 6) is -1.23. The van der Waals surface area contributed by atoms with Crippen LogP contribution in [0.5, 0.6) is 5.75 Å². The van der Waals surface area contributed by atoms with Crippen LogP contribution in [-0.4, -0.2) is 33.3 Å². The van der Waals surface area contributed by atoms with Gasteiger partial charge in [-0.25, -0.2) is 10.5 Å². The molecule has 1 unspecified atom stereocenters. The van der Waals surface area contributed by atoms with E-state index in [2.05, 4.69) is 42.0 Å². The molecule has 4 rings (SSSR count). The molecule has 0 fully saturated rings. The van der Waals surface area contributed by atoms with E-state index in [4.69, 9.17) is 0 Å². The summed E-state index contributed by atoms with van der Waals surface area (Å²) in [6.45, 7) is 0. The number of nitrogens with zero attached hydrogens (tertiary/aromatic N) is 2. The zero-order chi connectivity index (χ0) is 24.1. The number of carbonyl (C=O) groups is 2. The number of amides is 2. The Morgan fingerprint density at radius 3 is 2.50 bits per heavy atom. The summed E-state index contributed by atoms with van der Waals surface area (Å²) in [4.78, 5) is 38.2. The molecule has 0 aliphatic carbocycles. The fraction of sp³-hybridized carbons (Fsp3) is 0.0417. The van der Waals surface area contributed by atoms with Crippen molar-refractivity contribution in [1.82, 2.24) is 20.9 Å². The first-order valence-corrected chi connectivity index (χ1v) is 10.9. The van der Waals surface area contributed by atoms with E-state index in [1.807, 2.05) is 0 Å². The number of hydrogen-bond donors (Lipinski definition) is 4. The molecule has 0 bridgehead atoms. The Bertz CT molecular complexity index is 1450. The molecule has 4 N–H and O–H groups in total. The van der Waals surface area contributed by atoms with Gasteiger partial charge in [0, 0.05) is 21.0 Å². The molecule has 0 saturated carbocycles. The minimum atomic E-state index is -1.28. The molecule has 0 saturated heterocycles. The number of aromatic hydroxyl groups is 1. The van der Waals surface area contributed by atoms with Gasteiger partial charge in [-0.3, -0.25) is 14.4 Å². The molecule has 1 atom stereocenters. The Labute approximate surface area is 201 Å². The number of rotatable bonds is 6. The van der Waals surface area contributed by atoms with Crippen LogP contribution in [0.25, 0.3) is 10.8 Å². The zero-order valence-corrected chi connectivity index (χ0v) is 19.1. The van der Waals surface area contributed by atoms with E-state index >= 15 is 0 Å². The van der Waals surface area contributed by atoms with Crippen LogP contribution < -0.4 is 16.3 Å². The highest BCUT2D eigenvalue weighted by atomic mass is 79.9. The highest BCUT2D eigenvalue weighted by Gasteiger charge is 2.27. The molecular formula is C24H18BrN5O4. The number of phenolic OH excluding ortho intramolecular Hbond substituents is 1. The van der Waals surface area contributed by atoms with Crippen molar-refractivity contribution in [1.29, 1.82) is 0 Å². The number of aromatic nitrogens is 2. The molecular weight excluding hydrogens is 502 g/mol. The monoisotopic (exact) mass is 519 g/mol. The molecule has 0 spiro atoms. The van der Waals surface area contributed by atoms with Crippen LogP contribution in [0.3, 0.4) is 0 Å². The average molecular weight is 520 g/mol. The van der Waals surface area contributed by atoms with Crippen LogP contribution in [-0.2, 0) is 4.79 Å². The standard InChI is InChI=1S/C24H18BrN5O4/c25-16-10-11-19(31)15(12-16)13-26-29-24(34)21(27-22(32)14-6-2-1-3-7-14)20-17-8-4-5-9-18(17)23(33)30-28-20/h1-13,21,31H,(H,27,32)(H,29,34)(H,30,33). The van der Waals surface area contributed by atoms with Crippen LogP contribution in [0.2, 0.25) is 0 Å². The summed E-state index contributed by atoms with van der Waals surface area (Å²) < 4.78 is 0.718. The van der Waals surface area contributed by atoms with E-state index in [0.29, 0.717) is 21.9 Å². The van der Waals surface area contributed by atoms with E-state index in [9.17, 15) is 19.5 Å². The molecule has 0 aliphatic heterocycles. The second-order valence-electron chi connectivity index (χ2n) is 7.19. The molecule has 170 valence electrons. The van der Waals surface area contributed by atoms with E-state index < -0.39 is 23.4 Å². The second-order valence-corrected chi connectivity index (χ2v) is 8.11. The molecule has 9 nitrogen and oxygen atoms in total. The lowest BCUT2D eigenvalue weighted by Crippen LogP contribution is -2.40. The van der Waals surface area contributed by atoms with Gasteiger partial charge in [0.25, 0.3) is 17.4 Å². The third-order valence-corrected chi connectivity index (χ3v) is 5.43. The number of aromatic amines is 1. The van der Waals surface area contributed by atoms with Gasteiger partial charge in [0.2, 0.25) is 0 Å². The number of fused-ring (bicyclic) bond motifs is 1. The van der Waals surface area contributed by atoms with Crippen molar-refractivity contribution in [2.24, 2.45) is 5.10 Å². The summed E-state index contributed by atoms with van der Waals surface area (Å²) in [7, 11) is 0. The van der Waals surface area contributed by atoms with Gasteiger partial charge in [0.1, 0.15) is 11.4 Å². The zero-order valence-electron chi connectivity index (χ0n) is 17.5. The number of benzene rings is 3. The van der Waals surface area contributed by atoms with Gasteiger partial charge in [0.05, 0.1) is 11.6 Å². The molecule has 0 aliphatic rings. The minimum absolute atomic E-state index is 0.0246. The number of H-pyrrole nitrogens is 1. The van der Waals surface area contributed by atoms with Gasteiger partial charge in [-0.1, -0.05) is 52.3 Å². The van der Waals surface area contributed by atoms with Gasteiger partial charge in [-0.05, 0) is 36.4 Å². The first-order valence-electron chi connectivity index (χ1n) is 10.1. The van der Waals surface area contributed by atoms with Crippen molar-refractivity contribution < 1.29 is 14.7 Å². The lowest BCUT2D eigenvalue weighted by molar-refractivity contribution is -0.123. The van der Waals surface area contributed by atoms with Crippen LogP contribution in [0.1, 0.15) is 27.7 Å². The van der Waals surface area contributed by atoms with E-state index in [-0.39, 0.29) is 11.4 Å². The Balaban J connectivity index is 1.68. The van der Waals surface area contributed by atoms with Crippen LogP contribution in [0.15, 0.2) is 87.2 Å². The normalized spacial score (nSPS) is 11.9. The Morgan fingerprint density at radius 2 is 1.74 bits per heavy atom. The Morgan fingerprint density at radius 1 is 1.03 bits per heavy atom. The topological polar surface area (TPSA) is 137 Å². The van der Waals surface area contributed by atoms with Gasteiger partial charge in [-0.2, -0.15) is 10.2 Å². The summed E-state index contributed by atoms with van der Waals surface area (Å²) >= 11 is 3.30. The molecule has 4 aromatic rings. The van der Waals surface area contributed by atoms with E-state index in [1.54, 1.807) is 66.7 Å². The molecule has 0 radical (unpaired) electrons. The van der Waals surface area contributed by atoms with Crippen molar-refractivity contribution in [3.05, 3.63) is 104 Å². The van der Waals surface area contributed by atoms with Crippen molar-refractivity contribution in [3.8, 4) is 5.75 Å². The third kappa shape index (κ3) is 5.02. The lowest BCUT2D eigenvalue weighted by atomic mass is 10.0. The number of hydrazone groups is 1. The molecule has 2 amide bonds. The number of halogens is 1. The van der Waals surface area contributed by atoms with Gasteiger partial charge in [0.15, 0.2) is 6.04 Å². The van der Waals surface area contributed by atoms with E-state index in [0.717, 1.165) is 4.47 Å². The third-order valence-electron chi connectivity index (χ3n) is 4.94. The number of nitrogens with one attached hydrogen (secondary N) is 3. The van der Waals surface area contributed by atoms with Crippen LogP contribution in [0.4, 0.5) is 0 Å². The van der Waals surface area contributed by atoms with Gasteiger partial charge in [-0.15, -0.1) is 0 Å². The van der Waals surface area contributed by atoms with Crippen molar-refractivity contribution in [3.63, 3.8) is 0 Å². The van der Waals surface area contributed by atoms with Crippen molar-refractivity contribution >= 4 is 44.7 Å². The number of phenols is 1. The maximum Gasteiger partial charge on any atom is 0.272 e. The molecule has 3 aromatic carbocycles. The largest absolute Gasteiger partial charge is 0.507 e. The Hall–Kier alpha value is -4.31. The van der Waals surface area contributed by atoms with Crippen molar-refractivity contribution in [2.75, 3.05) is 0 Å². The SMILES string of the molecule is O=C(NC(C(=O)NN=Cc1cc(Br)ccc1O)c1n[nH]c(=O)c2ccccc12)c1ccccc1. The summed E-state index contributed by atoms with van der Waals surface area (Å²) in [5, 5.41) is 23.7. The molecule has 1 aromatic heterocycles. The predicted octanol–water partition coefficient (Wildman–Crippen LogP) is 3.01. The highest BCUT2D eigenvalue weighted by Crippen LogP contribution is 2.21. The van der Waals surface area contributed by atoms with Gasteiger partial charge < -0.3 is 10.4 Å². The first-order chi connectivity index (χ1) is 16.4. The number of carbonyl (C=O) groups excluding carboxylic acids is 2. The van der Waals surface area contributed by atoms with Crippen molar-refractivity contribution in [2.45, 2.75) is 6.04 Å². The molecule has 10 heteroatoms. The van der Waals surface area contributed by atoms with Crippen LogP contribution >= 0.6 is 15.9 Å². The minimum Gasteiger partial charge on any atom is -0.507 e. The fourth-order valence-corrected chi connectivity index (χ4v) is 3.66. The van der Waals surface area contributed by atoms with Crippen LogP contribution in [0, 0.1) is 0 Å². The maximum absolute atomic E-state index is 13.1. The Kier molecular flexibility index (Phi) is 6.79. The number of hydrogen-bond acceptors (Lipinski definition) is 6. The molecule has 34 heavy (non-hydrogen) atoms. The van der Waals surface area contributed by atoms with Gasteiger partial charge >= 0.3 is 0 Å². The van der Waals surface area contributed by atoms with E-state index in [1.165, 1.54) is 12.3 Å². The summed E-state index contributed by atoms with van der Waals surface area (Å²) in [6, 6.07) is 18.5. The quantitative estimate of drug-likeness (QED) is 0.229. The molecule has 1 heterocycles. The predicted molar refractivity (Wildman–Crippen MR) is 131 cm³/mol.